The van der Waals surface area contributed by atoms with E-state index in [1.807, 2.05) is 0 Å². The van der Waals surface area contributed by atoms with Crippen LogP contribution in [0.15, 0.2) is 18.2 Å². The van der Waals surface area contributed by atoms with E-state index in [0.717, 1.165) is 38.4 Å². The van der Waals surface area contributed by atoms with Gasteiger partial charge in [-0.1, -0.05) is 23.8 Å². The predicted octanol–water partition coefficient (Wildman–Crippen LogP) is 3.16. The van der Waals surface area contributed by atoms with E-state index in [9.17, 15) is 4.79 Å². The van der Waals surface area contributed by atoms with Gasteiger partial charge in [0.25, 0.3) is 0 Å². The topological polar surface area (TPSA) is 41.1 Å². The molecule has 124 valence electrons. The number of rotatable bonds is 6. The fraction of sp³-hybridized carbons (Fsp3) is 0.611. The lowest BCUT2D eigenvalue weighted by Gasteiger charge is -2.22. The SMILES string of the molecule is Cc1ccc(CCNC(=O)CCC2CCNCC2)c(C)c1.Cl. The van der Waals surface area contributed by atoms with Gasteiger partial charge in [-0.3, -0.25) is 4.79 Å². The number of carbonyl (C=O) groups is 1. The quantitative estimate of drug-likeness (QED) is 0.844. The van der Waals surface area contributed by atoms with E-state index in [4.69, 9.17) is 0 Å². The first-order valence-corrected chi connectivity index (χ1v) is 8.18. The molecule has 2 N–H and O–H groups in total. The Morgan fingerprint density at radius 1 is 1.27 bits per heavy atom. The van der Waals surface area contributed by atoms with Crippen molar-refractivity contribution >= 4 is 18.3 Å². The number of piperidine rings is 1. The number of aryl methyl sites for hydroxylation is 2. The van der Waals surface area contributed by atoms with E-state index < -0.39 is 0 Å². The lowest BCUT2D eigenvalue weighted by Crippen LogP contribution is -2.30. The van der Waals surface area contributed by atoms with Crippen LogP contribution in [0.2, 0.25) is 0 Å². The number of hydrogen-bond donors (Lipinski definition) is 2. The van der Waals surface area contributed by atoms with Crippen LogP contribution < -0.4 is 10.6 Å². The molecule has 22 heavy (non-hydrogen) atoms. The average Bonchev–Trinajstić information content (AvgIpc) is 2.48. The molecule has 0 saturated carbocycles. The van der Waals surface area contributed by atoms with Crippen molar-refractivity contribution in [2.45, 2.75) is 46.0 Å². The Hall–Kier alpha value is -1.06. The molecule has 1 aromatic carbocycles. The van der Waals surface area contributed by atoms with E-state index in [1.54, 1.807) is 0 Å². The molecule has 0 atom stereocenters. The van der Waals surface area contributed by atoms with Gasteiger partial charge in [0, 0.05) is 13.0 Å². The molecule has 1 heterocycles. The van der Waals surface area contributed by atoms with Crippen molar-refractivity contribution in [3.05, 3.63) is 34.9 Å². The summed E-state index contributed by atoms with van der Waals surface area (Å²) in [5.74, 6) is 0.939. The summed E-state index contributed by atoms with van der Waals surface area (Å²) < 4.78 is 0. The predicted molar refractivity (Wildman–Crippen MR) is 94.7 cm³/mol. The Balaban J connectivity index is 0.00000242. The molecule has 0 spiro atoms. The normalized spacial score (nSPS) is 15.2. The van der Waals surface area contributed by atoms with E-state index in [0.29, 0.717) is 6.42 Å². The summed E-state index contributed by atoms with van der Waals surface area (Å²) in [6.45, 7) is 7.22. The van der Waals surface area contributed by atoms with Crippen LogP contribution >= 0.6 is 12.4 Å². The number of carbonyl (C=O) groups excluding carboxylic acids is 1. The molecular weight excluding hydrogens is 296 g/mol. The Labute approximate surface area is 140 Å². The van der Waals surface area contributed by atoms with Gasteiger partial charge in [-0.15, -0.1) is 12.4 Å². The zero-order valence-corrected chi connectivity index (χ0v) is 14.6. The molecular formula is C18H29ClN2O. The van der Waals surface area contributed by atoms with Crippen molar-refractivity contribution in [2.75, 3.05) is 19.6 Å². The van der Waals surface area contributed by atoms with Gasteiger partial charge in [-0.2, -0.15) is 0 Å². The van der Waals surface area contributed by atoms with Gasteiger partial charge in [0.15, 0.2) is 0 Å². The van der Waals surface area contributed by atoms with Crippen molar-refractivity contribution in [3.63, 3.8) is 0 Å². The molecule has 1 aromatic rings. The fourth-order valence-electron chi connectivity index (χ4n) is 3.06. The lowest BCUT2D eigenvalue weighted by atomic mass is 9.93. The van der Waals surface area contributed by atoms with Crippen molar-refractivity contribution in [1.29, 1.82) is 0 Å². The van der Waals surface area contributed by atoms with Crippen LogP contribution in [0.3, 0.4) is 0 Å². The first kappa shape index (κ1) is 19.0. The van der Waals surface area contributed by atoms with Gasteiger partial charge in [0.05, 0.1) is 0 Å². The van der Waals surface area contributed by atoms with Crippen LogP contribution in [0.1, 0.15) is 42.4 Å². The number of halogens is 1. The summed E-state index contributed by atoms with van der Waals surface area (Å²) in [5, 5.41) is 6.42. The Morgan fingerprint density at radius 3 is 2.68 bits per heavy atom. The van der Waals surface area contributed by atoms with Crippen LogP contribution in [-0.4, -0.2) is 25.5 Å². The Kier molecular flexibility index (Phi) is 8.51. The van der Waals surface area contributed by atoms with E-state index in [-0.39, 0.29) is 18.3 Å². The summed E-state index contributed by atoms with van der Waals surface area (Å²) in [6, 6.07) is 6.52. The molecule has 0 bridgehead atoms. The second-order valence-corrected chi connectivity index (χ2v) is 6.26. The van der Waals surface area contributed by atoms with E-state index in [1.165, 1.54) is 29.5 Å². The molecule has 0 aromatic heterocycles. The lowest BCUT2D eigenvalue weighted by molar-refractivity contribution is -0.121. The standard InChI is InChI=1S/C18H28N2O.ClH/c1-14-3-5-17(15(2)13-14)9-12-20-18(21)6-4-16-7-10-19-11-8-16;/h3,5,13,16,19H,4,6-12H2,1-2H3,(H,20,21);1H. The summed E-state index contributed by atoms with van der Waals surface area (Å²) in [4.78, 5) is 11.9. The van der Waals surface area contributed by atoms with Gasteiger partial charge in [-0.25, -0.2) is 0 Å². The van der Waals surface area contributed by atoms with Gasteiger partial charge in [0.1, 0.15) is 0 Å². The summed E-state index contributed by atoms with van der Waals surface area (Å²) in [5.41, 5.74) is 3.94. The van der Waals surface area contributed by atoms with Crippen LogP contribution in [0.4, 0.5) is 0 Å². The smallest absolute Gasteiger partial charge is 0.220 e. The minimum Gasteiger partial charge on any atom is -0.356 e. The van der Waals surface area contributed by atoms with Crippen molar-refractivity contribution < 1.29 is 4.79 Å². The average molecular weight is 325 g/mol. The van der Waals surface area contributed by atoms with E-state index in [2.05, 4.69) is 42.7 Å². The third-order valence-electron chi connectivity index (χ3n) is 4.45. The van der Waals surface area contributed by atoms with Crippen molar-refractivity contribution in [1.82, 2.24) is 10.6 Å². The summed E-state index contributed by atoms with van der Waals surface area (Å²) in [6.07, 6.45) is 5.07. The maximum atomic E-state index is 11.9. The second kappa shape index (κ2) is 9.86. The maximum Gasteiger partial charge on any atom is 0.220 e. The van der Waals surface area contributed by atoms with Crippen molar-refractivity contribution in [2.24, 2.45) is 5.92 Å². The highest BCUT2D eigenvalue weighted by atomic mass is 35.5. The zero-order valence-electron chi connectivity index (χ0n) is 13.8. The highest BCUT2D eigenvalue weighted by Gasteiger charge is 2.14. The minimum absolute atomic E-state index is 0. The monoisotopic (exact) mass is 324 g/mol. The molecule has 1 aliphatic rings. The molecule has 1 fully saturated rings. The zero-order chi connectivity index (χ0) is 15.1. The van der Waals surface area contributed by atoms with Gasteiger partial charge >= 0.3 is 0 Å². The summed E-state index contributed by atoms with van der Waals surface area (Å²) >= 11 is 0. The highest BCUT2D eigenvalue weighted by molar-refractivity contribution is 5.85. The Bertz CT molecular complexity index is 470. The first-order valence-electron chi connectivity index (χ1n) is 8.18. The summed E-state index contributed by atoms with van der Waals surface area (Å²) in [7, 11) is 0. The molecule has 1 amide bonds. The third-order valence-corrected chi connectivity index (χ3v) is 4.45. The molecule has 0 aliphatic carbocycles. The minimum atomic E-state index is 0. The van der Waals surface area contributed by atoms with Crippen LogP contribution in [0, 0.1) is 19.8 Å². The maximum absolute atomic E-state index is 11.9. The molecule has 0 unspecified atom stereocenters. The molecule has 4 heteroatoms. The largest absolute Gasteiger partial charge is 0.356 e. The first-order chi connectivity index (χ1) is 10.1. The van der Waals surface area contributed by atoms with Gasteiger partial charge in [-0.05, 0) is 69.7 Å². The van der Waals surface area contributed by atoms with Gasteiger partial charge in [0.2, 0.25) is 5.91 Å². The van der Waals surface area contributed by atoms with Crippen LogP contribution in [-0.2, 0) is 11.2 Å². The van der Waals surface area contributed by atoms with E-state index >= 15 is 0 Å². The molecule has 3 nitrogen and oxygen atoms in total. The highest BCUT2D eigenvalue weighted by Crippen LogP contribution is 2.17. The van der Waals surface area contributed by atoms with Crippen molar-refractivity contribution in [3.8, 4) is 0 Å². The third kappa shape index (κ3) is 6.37. The van der Waals surface area contributed by atoms with Gasteiger partial charge < -0.3 is 10.6 Å². The molecule has 0 radical (unpaired) electrons. The van der Waals surface area contributed by atoms with Crippen LogP contribution in [0.5, 0.6) is 0 Å². The van der Waals surface area contributed by atoms with Crippen LogP contribution in [0.25, 0.3) is 0 Å². The Morgan fingerprint density at radius 2 is 2.00 bits per heavy atom. The molecule has 1 saturated heterocycles. The number of hydrogen-bond acceptors (Lipinski definition) is 2. The number of nitrogens with one attached hydrogen (secondary N) is 2. The molecule has 2 rings (SSSR count). The number of amides is 1. The molecule has 1 aliphatic heterocycles. The number of benzene rings is 1. The fourth-order valence-corrected chi connectivity index (χ4v) is 3.06. The second-order valence-electron chi connectivity index (χ2n) is 6.26.